The molecule has 0 bridgehead atoms. The molecule has 0 spiro atoms. The van der Waals surface area contributed by atoms with Gasteiger partial charge in [0.2, 0.25) is 0 Å². The molecule has 2 rings (SSSR count). The molecule has 0 atom stereocenters. The van der Waals surface area contributed by atoms with Crippen molar-refractivity contribution >= 4 is 11.7 Å². The van der Waals surface area contributed by atoms with Crippen molar-refractivity contribution in [2.45, 2.75) is 19.9 Å². The lowest BCUT2D eigenvalue weighted by atomic mass is 10.1. The van der Waals surface area contributed by atoms with Crippen LogP contribution in [0.3, 0.4) is 0 Å². The normalized spacial score (nSPS) is 10.6. The third kappa shape index (κ3) is 3.17. The molecule has 0 aliphatic rings. The predicted octanol–water partition coefficient (Wildman–Crippen LogP) is 1.01. The van der Waals surface area contributed by atoms with Crippen LogP contribution in [0.2, 0.25) is 0 Å². The minimum atomic E-state index is -1.19. The van der Waals surface area contributed by atoms with Crippen LogP contribution in [-0.2, 0) is 6.54 Å². The lowest BCUT2D eigenvalue weighted by Crippen LogP contribution is -2.08. The Balaban J connectivity index is 2.44. The number of anilines is 1. The molecule has 0 amide bonds. The average molecular weight is 306 g/mol. The number of benzene rings is 1. The van der Waals surface area contributed by atoms with Crippen molar-refractivity contribution in [3.63, 3.8) is 0 Å². The molecule has 1 aromatic heterocycles. The number of nitrogens with zero attached hydrogens (tertiary/aromatic N) is 3. The van der Waals surface area contributed by atoms with Crippen molar-refractivity contribution in [1.82, 2.24) is 15.0 Å². The van der Waals surface area contributed by atoms with E-state index in [0.717, 1.165) is 6.42 Å². The zero-order valence-electron chi connectivity index (χ0n) is 12.2. The molecule has 0 unspecified atom stereocenters. The Hall–Kier alpha value is -2.61. The Bertz CT molecular complexity index is 669. The van der Waals surface area contributed by atoms with Gasteiger partial charge in [-0.3, -0.25) is 0 Å². The van der Waals surface area contributed by atoms with E-state index in [0.29, 0.717) is 29.3 Å². The number of carbonyl (C=O) groups is 1. The van der Waals surface area contributed by atoms with Crippen molar-refractivity contribution < 1.29 is 19.7 Å². The van der Waals surface area contributed by atoms with E-state index >= 15 is 0 Å². The summed E-state index contributed by atoms with van der Waals surface area (Å²) in [5.41, 5.74) is 7.02. The Labute approximate surface area is 127 Å². The van der Waals surface area contributed by atoms with Crippen molar-refractivity contribution in [2.24, 2.45) is 0 Å². The molecular formula is C14H18N4O4. The maximum absolute atomic E-state index is 11.3. The van der Waals surface area contributed by atoms with Gasteiger partial charge >= 0.3 is 5.97 Å². The molecule has 0 saturated heterocycles. The topological polar surface area (TPSA) is 123 Å². The van der Waals surface area contributed by atoms with Gasteiger partial charge in [-0.15, -0.1) is 5.10 Å². The summed E-state index contributed by atoms with van der Waals surface area (Å²) in [5.74, 6) is -0.646. The van der Waals surface area contributed by atoms with E-state index in [1.54, 1.807) is 18.2 Å². The maximum Gasteiger partial charge on any atom is 0.358 e. The fourth-order valence-corrected chi connectivity index (χ4v) is 2.03. The molecule has 0 saturated carbocycles. The third-order valence-corrected chi connectivity index (χ3v) is 2.99. The van der Waals surface area contributed by atoms with Gasteiger partial charge in [-0.1, -0.05) is 12.1 Å². The number of carboxylic acids is 1. The molecule has 118 valence electrons. The summed E-state index contributed by atoms with van der Waals surface area (Å²) in [5, 5.41) is 25.7. The van der Waals surface area contributed by atoms with Crippen molar-refractivity contribution in [2.75, 3.05) is 18.9 Å². The molecule has 8 heteroatoms. The SMILES string of the molecule is CCCOc1ccc(-c2c(C(=O)O)nnn2CCO)cc1N. The number of hydrogen-bond acceptors (Lipinski definition) is 6. The molecule has 0 aliphatic carbocycles. The smallest absolute Gasteiger partial charge is 0.358 e. The highest BCUT2D eigenvalue weighted by Crippen LogP contribution is 2.30. The summed E-state index contributed by atoms with van der Waals surface area (Å²) in [6.07, 6.45) is 0.859. The number of nitrogens with two attached hydrogens (primary N) is 1. The second kappa shape index (κ2) is 6.90. The van der Waals surface area contributed by atoms with Crippen molar-refractivity contribution in [3.05, 3.63) is 23.9 Å². The molecular weight excluding hydrogens is 288 g/mol. The van der Waals surface area contributed by atoms with Crippen LogP contribution in [0, 0.1) is 0 Å². The second-order valence-electron chi connectivity index (χ2n) is 4.64. The first kappa shape index (κ1) is 15.8. The quantitative estimate of drug-likeness (QED) is 0.652. The van der Waals surface area contributed by atoms with E-state index < -0.39 is 5.97 Å². The molecule has 1 heterocycles. The fraction of sp³-hybridized carbons (Fsp3) is 0.357. The maximum atomic E-state index is 11.3. The first-order valence-electron chi connectivity index (χ1n) is 6.88. The summed E-state index contributed by atoms with van der Waals surface area (Å²) in [4.78, 5) is 11.3. The van der Waals surface area contributed by atoms with Gasteiger partial charge in [0, 0.05) is 5.56 Å². The first-order valence-corrected chi connectivity index (χ1v) is 6.88. The lowest BCUT2D eigenvalue weighted by molar-refractivity contribution is 0.0691. The minimum absolute atomic E-state index is 0.142. The standard InChI is InChI=1S/C14H18N4O4/c1-2-7-22-11-4-3-9(8-10(11)15)13-12(14(20)21)16-17-18(13)5-6-19/h3-4,8,19H,2,5-7,15H2,1H3,(H,20,21). The summed E-state index contributed by atoms with van der Waals surface area (Å²) in [6.45, 7) is 2.50. The van der Waals surface area contributed by atoms with Crippen LogP contribution < -0.4 is 10.5 Å². The molecule has 0 fully saturated rings. The van der Waals surface area contributed by atoms with Crippen LogP contribution in [0.4, 0.5) is 5.69 Å². The van der Waals surface area contributed by atoms with Crippen molar-refractivity contribution in [3.8, 4) is 17.0 Å². The molecule has 8 nitrogen and oxygen atoms in total. The van der Waals surface area contributed by atoms with E-state index in [1.807, 2.05) is 6.92 Å². The molecule has 0 aliphatic heterocycles. The second-order valence-corrected chi connectivity index (χ2v) is 4.64. The van der Waals surface area contributed by atoms with Gasteiger partial charge in [0.1, 0.15) is 11.4 Å². The van der Waals surface area contributed by atoms with E-state index in [9.17, 15) is 9.90 Å². The van der Waals surface area contributed by atoms with Crippen LogP contribution in [0.5, 0.6) is 5.75 Å². The highest BCUT2D eigenvalue weighted by Gasteiger charge is 2.21. The molecule has 2 aromatic rings. The Morgan fingerprint density at radius 1 is 1.45 bits per heavy atom. The number of rotatable bonds is 7. The zero-order chi connectivity index (χ0) is 16.1. The number of aromatic nitrogens is 3. The summed E-state index contributed by atoms with van der Waals surface area (Å²) >= 11 is 0. The molecule has 1 aromatic carbocycles. The van der Waals surface area contributed by atoms with E-state index in [-0.39, 0.29) is 18.8 Å². The highest BCUT2D eigenvalue weighted by atomic mass is 16.5. The van der Waals surface area contributed by atoms with Gasteiger partial charge in [0.05, 0.1) is 25.4 Å². The van der Waals surface area contributed by atoms with E-state index in [4.69, 9.17) is 15.6 Å². The fourth-order valence-electron chi connectivity index (χ4n) is 2.03. The molecule has 4 N–H and O–H groups in total. The molecule has 0 radical (unpaired) electrons. The lowest BCUT2D eigenvalue weighted by Gasteiger charge is -2.11. The van der Waals surface area contributed by atoms with Crippen LogP contribution in [0.15, 0.2) is 18.2 Å². The van der Waals surface area contributed by atoms with Gasteiger partial charge in [0.25, 0.3) is 0 Å². The number of nitrogen functional groups attached to an aromatic ring is 1. The van der Waals surface area contributed by atoms with Crippen molar-refractivity contribution in [1.29, 1.82) is 0 Å². The largest absolute Gasteiger partial charge is 0.491 e. The van der Waals surface area contributed by atoms with Crippen LogP contribution in [0.25, 0.3) is 11.3 Å². The number of hydrogen-bond donors (Lipinski definition) is 3. The number of aromatic carboxylic acids is 1. The van der Waals surface area contributed by atoms with E-state index in [2.05, 4.69) is 10.3 Å². The number of aliphatic hydroxyl groups excluding tert-OH is 1. The van der Waals surface area contributed by atoms with Gasteiger partial charge in [0.15, 0.2) is 5.69 Å². The van der Waals surface area contributed by atoms with Gasteiger partial charge in [-0.05, 0) is 24.6 Å². The van der Waals surface area contributed by atoms with Crippen LogP contribution in [0.1, 0.15) is 23.8 Å². The Kier molecular flexibility index (Phi) is 4.95. The summed E-state index contributed by atoms with van der Waals surface area (Å²) in [7, 11) is 0. The predicted molar refractivity (Wildman–Crippen MR) is 79.7 cm³/mol. The highest BCUT2D eigenvalue weighted by molar-refractivity contribution is 5.93. The van der Waals surface area contributed by atoms with Gasteiger partial charge < -0.3 is 20.7 Å². The number of carboxylic acid groups (broad SMARTS) is 1. The third-order valence-electron chi connectivity index (χ3n) is 2.99. The monoisotopic (exact) mass is 306 g/mol. The van der Waals surface area contributed by atoms with Crippen LogP contribution >= 0.6 is 0 Å². The zero-order valence-corrected chi connectivity index (χ0v) is 12.2. The van der Waals surface area contributed by atoms with Gasteiger partial charge in [-0.25, -0.2) is 9.48 Å². The minimum Gasteiger partial charge on any atom is -0.491 e. The van der Waals surface area contributed by atoms with E-state index in [1.165, 1.54) is 4.68 Å². The summed E-state index contributed by atoms with van der Waals surface area (Å²) < 4.78 is 6.83. The number of aliphatic hydroxyl groups is 1. The van der Waals surface area contributed by atoms with Gasteiger partial charge in [-0.2, -0.15) is 0 Å². The average Bonchev–Trinajstić information content (AvgIpc) is 2.90. The Morgan fingerprint density at radius 2 is 2.23 bits per heavy atom. The first-order chi connectivity index (χ1) is 10.6. The number of ether oxygens (including phenoxy) is 1. The molecule has 22 heavy (non-hydrogen) atoms. The summed E-state index contributed by atoms with van der Waals surface area (Å²) in [6, 6.07) is 4.99. The van der Waals surface area contributed by atoms with Crippen LogP contribution in [-0.4, -0.2) is 44.4 Å². The Morgan fingerprint density at radius 3 is 2.82 bits per heavy atom.